The van der Waals surface area contributed by atoms with Gasteiger partial charge in [-0.25, -0.2) is 13.6 Å². The average Bonchev–Trinajstić information content (AvgIpc) is 2.39. The Labute approximate surface area is 122 Å². The van der Waals surface area contributed by atoms with Crippen LogP contribution in [0.15, 0.2) is 18.2 Å². The molecule has 1 aromatic rings. The van der Waals surface area contributed by atoms with Crippen molar-refractivity contribution in [3.8, 4) is 0 Å². The summed E-state index contributed by atoms with van der Waals surface area (Å²) in [5.41, 5.74) is 0.280. The highest BCUT2D eigenvalue weighted by molar-refractivity contribution is 5.95. The number of hydrogen-bond donors (Lipinski definition) is 2. The van der Waals surface area contributed by atoms with E-state index in [-0.39, 0.29) is 18.7 Å². The van der Waals surface area contributed by atoms with E-state index < -0.39 is 23.6 Å². The van der Waals surface area contributed by atoms with Crippen molar-refractivity contribution in [1.82, 2.24) is 15.5 Å². The first-order valence-electron chi connectivity index (χ1n) is 6.62. The van der Waals surface area contributed by atoms with Crippen molar-refractivity contribution in [2.24, 2.45) is 0 Å². The van der Waals surface area contributed by atoms with Crippen LogP contribution < -0.4 is 10.6 Å². The average molecular weight is 299 g/mol. The second-order valence-electron chi connectivity index (χ2n) is 4.71. The third kappa shape index (κ3) is 6.31. The molecule has 0 atom stereocenters. The molecule has 3 amide bonds. The second-order valence-corrected chi connectivity index (χ2v) is 4.71. The van der Waals surface area contributed by atoms with E-state index in [0.29, 0.717) is 6.54 Å². The maximum absolute atomic E-state index is 13.5. The lowest BCUT2D eigenvalue weighted by Crippen LogP contribution is -2.43. The molecule has 0 heterocycles. The molecule has 0 aliphatic carbocycles. The molecular formula is C14H19F2N3O2. The maximum atomic E-state index is 13.5. The summed E-state index contributed by atoms with van der Waals surface area (Å²) >= 11 is 0. The maximum Gasteiger partial charge on any atom is 0.321 e. The minimum absolute atomic E-state index is 0.0731. The van der Waals surface area contributed by atoms with Gasteiger partial charge in [0.2, 0.25) is 5.91 Å². The van der Waals surface area contributed by atoms with Gasteiger partial charge in [-0.2, -0.15) is 0 Å². The summed E-state index contributed by atoms with van der Waals surface area (Å²) in [6.45, 7) is 2.44. The van der Waals surface area contributed by atoms with Crippen LogP contribution in [0.25, 0.3) is 0 Å². The Bertz CT molecular complexity index is 509. The predicted molar refractivity (Wildman–Crippen MR) is 74.5 cm³/mol. The van der Waals surface area contributed by atoms with Crippen molar-refractivity contribution in [3.05, 3.63) is 35.4 Å². The standard InChI is InChI=1S/C14H19F2N3O2/c1-3-6-17-14(21)18-13(20)9-19(2)8-10-4-5-11(15)7-12(10)16/h4-5,7H,3,6,8-9H2,1-2H3,(H2,17,18,20,21). The summed E-state index contributed by atoms with van der Waals surface area (Å²) in [5, 5.41) is 4.68. The molecule has 0 saturated heterocycles. The number of rotatable bonds is 6. The zero-order valence-electron chi connectivity index (χ0n) is 12.1. The van der Waals surface area contributed by atoms with E-state index in [0.717, 1.165) is 18.6 Å². The molecule has 0 fully saturated rings. The summed E-state index contributed by atoms with van der Waals surface area (Å²) in [6, 6.07) is 2.72. The Morgan fingerprint density at radius 2 is 2.00 bits per heavy atom. The number of urea groups is 1. The van der Waals surface area contributed by atoms with Gasteiger partial charge in [0.15, 0.2) is 0 Å². The summed E-state index contributed by atoms with van der Waals surface area (Å²) < 4.78 is 26.2. The SMILES string of the molecule is CCCNC(=O)NC(=O)CN(C)Cc1ccc(F)cc1F. The lowest BCUT2D eigenvalue weighted by Gasteiger charge is -2.16. The van der Waals surface area contributed by atoms with Crippen LogP contribution in [0.5, 0.6) is 0 Å². The lowest BCUT2D eigenvalue weighted by molar-refractivity contribution is -0.121. The number of likely N-dealkylation sites (N-methyl/N-ethyl adjacent to an activating group) is 1. The fourth-order valence-electron chi connectivity index (χ4n) is 1.69. The number of carbonyl (C=O) groups excluding carboxylic acids is 2. The summed E-state index contributed by atoms with van der Waals surface area (Å²) in [7, 11) is 1.60. The van der Waals surface area contributed by atoms with Crippen molar-refractivity contribution >= 4 is 11.9 Å². The van der Waals surface area contributed by atoms with Crippen LogP contribution >= 0.6 is 0 Å². The van der Waals surface area contributed by atoms with Crippen LogP contribution in [0.1, 0.15) is 18.9 Å². The zero-order valence-corrected chi connectivity index (χ0v) is 12.1. The quantitative estimate of drug-likeness (QED) is 0.839. The van der Waals surface area contributed by atoms with Crippen LogP contribution in [0, 0.1) is 11.6 Å². The molecule has 0 radical (unpaired) electrons. The normalized spacial score (nSPS) is 10.5. The molecule has 0 aliphatic rings. The van der Waals surface area contributed by atoms with Gasteiger partial charge in [0.05, 0.1) is 6.54 Å². The highest BCUT2D eigenvalue weighted by Crippen LogP contribution is 2.11. The van der Waals surface area contributed by atoms with E-state index in [1.54, 1.807) is 7.05 Å². The van der Waals surface area contributed by atoms with Crippen LogP contribution in [0.4, 0.5) is 13.6 Å². The second kappa shape index (κ2) is 8.31. The van der Waals surface area contributed by atoms with E-state index in [9.17, 15) is 18.4 Å². The van der Waals surface area contributed by atoms with Gasteiger partial charge in [-0.05, 0) is 19.5 Å². The molecule has 5 nitrogen and oxygen atoms in total. The predicted octanol–water partition coefficient (Wildman–Crippen LogP) is 1.63. The van der Waals surface area contributed by atoms with Crippen LogP contribution in [0.2, 0.25) is 0 Å². The number of amides is 3. The van der Waals surface area contributed by atoms with Gasteiger partial charge in [-0.1, -0.05) is 13.0 Å². The van der Waals surface area contributed by atoms with E-state index in [4.69, 9.17) is 0 Å². The molecule has 21 heavy (non-hydrogen) atoms. The topological polar surface area (TPSA) is 61.4 Å². The molecule has 0 aromatic heterocycles. The smallest absolute Gasteiger partial charge is 0.321 e. The largest absolute Gasteiger partial charge is 0.338 e. The zero-order chi connectivity index (χ0) is 15.8. The van der Waals surface area contributed by atoms with Gasteiger partial charge in [-0.3, -0.25) is 15.0 Å². The summed E-state index contributed by atoms with van der Waals surface area (Å²) in [6.07, 6.45) is 0.769. The number of hydrogen-bond acceptors (Lipinski definition) is 3. The van der Waals surface area contributed by atoms with E-state index in [1.165, 1.54) is 11.0 Å². The van der Waals surface area contributed by atoms with Gasteiger partial charge in [0, 0.05) is 24.7 Å². The van der Waals surface area contributed by atoms with Crippen molar-refractivity contribution in [3.63, 3.8) is 0 Å². The van der Waals surface area contributed by atoms with Gasteiger partial charge in [0.1, 0.15) is 11.6 Å². The Balaban J connectivity index is 2.44. The van der Waals surface area contributed by atoms with Crippen molar-refractivity contribution in [2.45, 2.75) is 19.9 Å². The fourth-order valence-corrected chi connectivity index (χ4v) is 1.69. The Kier molecular flexibility index (Phi) is 6.74. The van der Waals surface area contributed by atoms with Crippen LogP contribution in [-0.4, -0.2) is 37.0 Å². The number of imide groups is 1. The molecule has 0 unspecified atom stereocenters. The molecule has 116 valence electrons. The van der Waals surface area contributed by atoms with Crippen molar-refractivity contribution in [2.75, 3.05) is 20.1 Å². The minimum Gasteiger partial charge on any atom is -0.338 e. The third-order valence-corrected chi connectivity index (χ3v) is 2.66. The number of nitrogens with zero attached hydrogens (tertiary/aromatic N) is 1. The highest BCUT2D eigenvalue weighted by Gasteiger charge is 2.12. The number of carbonyl (C=O) groups is 2. The lowest BCUT2D eigenvalue weighted by atomic mass is 10.2. The van der Waals surface area contributed by atoms with E-state index >= 15 is 0 Å². The highest BCUT2D eigenvalue weighted by atomic mass is 19.1. The molecule has 7 heteroatoms. The first-order valence-corrected chi connectivity index (χ1v) is 6.62. The summed E-state index contributed by atoms with van der Waals surface area (Å²) in [5.74, 6) is -1.80. The first kappa shape index (κ1) is 17.0. The van der Waals surface area contributed by atoms with E-state index in [1.807, 2.05) is 6.92 Å². The van der Waals surface area contributed by atoms with Crippen LogP contribution in [-0.2, 0) is 11.3 Å². The van der Waals surface area contributed by atoms with Gasteiger partial charge < -0.3 is 5.32 Å². The molecule has 1 aromatic carbocycles. The number of nitrogens with one attached hydrogen (secondary N) is 2. The molecule has 0 bridgehead atoms. The third-order valence-electron chi connectivity index (χ3n) is 2.66. The Morgan fingerprint density at radius 3 is 2.62 bits per heavy atom. The molecule has 0 saturated carbocycles. The van der Waals surface area contributed by atoms with Crippen molar-refractivity contribution in [1.29, 1.82) is 0 Å². The fraction of sp³-hybridized carbons (Fsp3) is 0.429. The van der Waals surface area contributed by atoms with Gasteiger partial charge in [0.25, 0.3) is 0 Å². The first-order chi connectivity index (χ1) is 9.92. The number of halogens is 2. The molecule has 0 spiro atoms. The van der Waals surface area contributed by atoms with Crippen LogP contribution in [0.3, 0.4) is 0 Å². The van der Waals surface area contributed by atoms with Crippen molar-refractivity contribution < 1.29 is 18.4 Å². The van der Waals surface area contributed by atoms with Gasteiger partial charge in [-0.15, -0.1) is 0 Å². The minimum atomic E-state index is -0.664. The number of benzene rings is 1. The molecular weight excluding hydrogens is 280 g/mol. The molecule has 0 aliphatic heterocycles. The Morgan fingerprint density at radius 1 is 1.29 bits per heavy atom. The molecule has 2 N–H and O–H groups in total. The van der Waals surface area contributed by atoms with E-state index in [2.05, 4.69) is 10.6 Å². The van der Waals surface area contributed by atoms with Gasteiger partial charge >= 0.3 is 6.03 Å². The monoisotopic (exact) mass is 299 g/mol. The summed E-state index contributed by atoms with van der Waals surface area (Å²) in [4.78, 5) is 24.4. The molecule has 1 rings (SSSR count). The Hall–Kier alpha value is -2.02.